The molecule has 0 spiro atoms. The van der Waals surface area contributed by atoms with Crippen molar-refractivity contribution in [1.29, 1.82) is 0 Å². The van der Waals surface area contributed by atoms with E-state index < -0.39 is 0 Å². The summed E-state index contributed by atoms with van der Waals surface area (Å²) in [6.07, 6.45) is 0. The number of pyridine rings is 2. The zero-order chi connectivity index (χ0) is 34.8. The molecule has 8 heteroatoms. The van der Waals surface area contributed by atoms with E-state index in [0.29, 0.717) is 34.3 Å². The minimum absolute atomic E-state index is 0.175. The van der Waals surface area contributed by atoms with Crippen LogP contribution in [0.15, 0.2) is 121 Å². The van der Waals surface area contributed by atoms with E-state index in [1.165, 1.54) is 0 Å². The molecule has 0 radical (unpaired) electrons. The Morgan fingerprint density at radius 2 is 0.880 bits per heavy atom. The lowest BCUT2D eigenvalue weighted by Crippen LogP contribution is -2.25. The lowest BCUT2D eigenvalue weighted by atomic mass is 9.97. The summed E-state index contributed by atoms with van der Waals surface area (Å²) in [5.74, 6) is -0.351. The van der Waals surface area contributed by atoms with Crippen LogP contribution in [0.3, 0.4) is 0 Å². The van der Waals surface area contributed by atoms with Crippen molar-refractivity contribution in [3.8, 4) is 22.5 Å². The number of fused-ring (bicyclic) bond motifs is 2. The van der Waals surface area contributed by atoms with Gasteiger partial charge in [0.05, 0.1) is 33.5 Å². The molecule has 6 nitrogen and oxygen atoms in total. The molecule has 5 aromatic carbocycles. The zero-order valence-corrected chi connectivity index (χ0v) is 28.9. The summed E-state index contributed by atoms with van der Waals surface area (Å²) in [5, 5.41) is 9.07. The van der Waals surface area contributed by atoms with Crippen molar-refractivity contribution < 1.29 is 9.59 Å². The van der Waals surface area contributed by atoms with Crippen molar-refractivity contribution in [2.24, 2.45) is 0 Å². The Balaban J connectivity index is 1.06. The Hall–Kier alpha value is -5.56. The Morgan fingerprint density at radius 1 is 0.520 bits per heavy atom. The van der Waals surface area contributed by atoms with Gasteiger partial charge in [0.25, 0.3) is 11.8 Å². The summed E-state index contributed by atoms with van der Waals surface area (Å²) in [6.45, 7) is 4.54. The number of nitrogens with zero attached hydrogens (tertiary/aromatic N) is 2. The molecule has 246 valence electrons. The molecule has 0 saturated carbocycles. The maximum absolute atomic E-state index is 13.7. The van der Waals surface area contributed by atoms with Crippen molar-refractivity contribution in [1.82, 2.24) is 20.6 Å². The van der Waals surface area contributed by atoms with Gasteiger partial charge < -0.3 is 10.6 Å². The molecule has 2 heterocycles. The number of para-hydroxylation sites is 2. The molecule has 0 unspecified atom stereocenters. The predicted molar refractivity (Wildman–Crippen MR) is 203 cm³/mol. The summed E-state index contributed by atoms with van der Waals surface area (Å²) in [4.78, 5) is 37.2. The number of aromatic nitrogens is 2. The lowest BCUT2D eigenvalue weighted by molar-refractivity contribution is 0.0943. The van der Waals surface area contributed by atoms with Gasteiger partial charge in [-0.15, -0.1) is 0 Å². The fourth-order valence-electron chi connectivity index (χ4n) is 6.29. The van der Waals surface area contributed by atoms with Gasteiger partial charge in [-0.25, -0.2) is 9.97 Å². The number of hydrogen-bond donors (Lipinski definition) is 2. The number of rotatable bonds is 8. The topological polar surface area (TPSA) is 84.0 Å². The molecule has 2 aromatic heterocycles. The Morgan fingerprint density at radius 3 is 1.26 bits per heavy atom. The quantitative estimate of drug-likeness (QED) is 0.166. The van der Waals surface area contributed by atoms with Crippen LogP contribution in [0, 0.1) is 13.8 Å². The van der Waals surface area contributed by atoms with Crippen molar-refractivity contribution in [3.63, 3.8) is 0 Å². The van der Waals surface area contributed by atoms with E-state index >= 15 is 0 Å². The van der Waals surface area contributed by atoms with E-state index in [2.05, 4.69) is 10.6 Å². The summed E-state index contributed by atoms with van der Waals surface area (Å²) in [6, 6.07) is 38.1. The van der Waals surface area contributed by atoms with Gasteiger partial charge in [0.2, 0.25) is 0 Å². The third-order valence-electron chi connectivity index (χ3n) is 8.89. The van der Waals surface area contributed by atoms with Gasteiger partial charge in [-0.1, -0.05) is 108 Å². The van der Waals surface area contributed by atoms with Gasteiger partial charge in [0, 0.05) is 45.0 Å². The molecule has 0 saturated heterocycles. The number of nitrogens with one attached hydrogen (secondary N) is 2. The maximum Gasteiger partial charge on any atom is 0.252 e. The molecule has 0 fully saturated rings. The molecule has 2 N–H and O–H groups in total. The van der Waals surface area contributed by atoms with Crippen molar-refractivity contribution in [2.75, 3.05) is 0 Å². The van der Waals surface area contributed by atoms with Gasteiger partial charge in [-0.05, 0) is 72.5 Å². The van der Waals surface area contributed by atoms with Gasteiger partial charge in [0.1, 0.15) is 0 Å². The first-order valence-corrected chi connectivity index (χ1v) is 17.0. The first-order chi connectivity index (χ1) is 24.3. The summed E-state index contributed by atoms with van der Waals surface area (Å²) < 4.78 is 0. The van der Waals surface area contributed by atoms with Crippen LogP contribution in [0.4, 0.5) is 0 Å². The summed E-state index contributed by atoms with van der Waals surface area (Å²) in [5.41, 5.74) is 9.42. The summed E-state index contributed by atoms with van der Waals surface area (Å²) in [7, 11) is 0. The zero-order valence-electron chi connectivity index (χ0n) is 27.4. The van der Waals surface area contributed by atoms with Crippen LogP contribution in [-0.4, -0.2) is 21.8 Å². The SMILES string of the molecule is Cc1c(-c2ccc(Cl)cc2)nc2ccccc2c1C(=O)NCc1ccc(CNC(=O)c2c(C)c(-c3ccc(Cl)cc3)nc3ccccc23)cc1. The predicted octanol–water partition coefficient (Wildman–Crippen LogP) is 9.90. The highest BCUT2D eigenvalue weighted by atomic mass is 35.5. The van der Waals surface area contributed by atoms with Gasteiger partial charge >= 0.3 is 0 Å². The van der Waals surface area contributed by atoms with Crippen LogP contribution < -0.4 is 10.6 Å². The number of carbonyl (C=O) groups is 2. The highest BCUT2D eigenvalue weighted by molar-refractivity contribution is 6.31. The monoisotopic (exact) mass is 694 g/mol. The maximum atomic E-state index is 13.7. The molecular formula is C42H32Cl2N4O2. The second-order valence-corrected chi connectivity index (χ2v) is 13.0. The molecule has 0 aliphatic rings. The Labute approximate surface area is 300 Å². The smallest absolute Gasteiger partial charge is 0.252 e. The van der Waals surface area contributed by atoms with Crippen LogP contribution >= 0.6 is 23.2 Å². The van der Waals surface area contributed by atoms with Gasteiger partial charge in [-0.2, -0.15) is 0 Å². The fourth-order valence-corrected chi connectivity index (χ4v) is 6.55. The van der Waals surface area contributed by atoms with Crippen molar-refractivity contribution >= 4 is 56.8 Å². The van der Waals surface area contributed by atoms with E-state index in [4.69, 9.17) is 33.2 Å². The van der Waals surface area contributed by atoms with E-state index in [9.17, 15) is 9.59 Å². The molecule has 50 heavy (non-hydrogen) atoms. The second kappa shape index (κ2) is 14.1. The largest absolute Gasteiger partial charge is 0.348 e. The summed E-state index contributed by atoms with van der Waals surface area (Å²) >= 11 is 12.3. The Kier molecular flexibility index (Phi) is 9.31. The van der Waals surface area contributed by atoms with E-state index in [-0.39, 0.29) is 11.8 Å². The van der Waals surface area contributed by atoms with Gasteiger partial charge in [0.15, 0.2) is 0 Å². The van der Waals surface area contributed by atoms with E-state index in [0.717, 1.165) is 66.6 Å². The average Bonchev–Trinajstić information content (AvgIpc) is 3.13. The highest BCUT2D eigenvalue weighted by Crippen LogP contribution is 2.32. The molecular weight excluding hydrogens is 663 g/mol. The molecule has 2 amide bonds. The first kappa shape index (κ1) is 33.0. The molecule has 7 rings (SSSR count). The van der Waals surface area contributed by atoms with Crippen molar-refractivity contribution in [2.45, 2.75) is 26.9 Å². The second-order valence-electron chi connectivity index (χ2n) is 12.2. The van der Waals surface area contributed by atoms with Gasteiger partial charge in [-0.3, -0.25) is 9.59 Å². The molecule has 0 aliphatic heterocycles. The first-order valence-electron chi connectivity index (χ1n) is 16.2. The van der Waals surface area contributed by atoms with E-state index in [1.54, 1.807) is 0 Å². The molecule has 7 aromatic rings. The van der Waals surface area contributed by atoms with Crippen molar-refractivity contribution in [3.05, 3.63) is 165 Å². The van der Waals surface area contributed by atoms with Crippen LogP contribution in [0.1, 0.15) is 43.0 Å². The van der Waals surface area contributed by atoms with Crippen LogP contribution in [0.5, 0.6) is 0 Å². The van der Waals surface area contributed by atoms with Crippen LogP contribution in [-0.2, 0) is 13.1 Å². The third-order valence-corrected chi connectivity index (χ3v) is 9.39. The normalized spacial score (nSPS) is 11.1. The number of carbonyl (C=O) groups excluding carboxylic acids is 2. The number of benzene rings is 5. The number of halogens is 2. The molecule has 0 aliphatic carbocycles. The number of amides is 2. The lowest BCUT2D eigenvalue weighted by Gasteiger charge is -2.15. The Bertz CT molecular complexity index is 2220. The van der Waals surface area contributed by atoms with Crippen LogP contribution in [0.25, 0.3) is 44.3 Å². The van der Waals surface area contributed by atoms with E-state index in [1.807, 2.05) is 135 Å². The third kappa shape index (κ3) is 6.68. The minimum Gasteiger partial charge on any atom is -0.348 e. The minimum atomic E-state index is -0.175. The van der Waals surface area contributed by atoms with Crippen LogP contribution in [0.2, 0.25) is 10.0 Å². The molecule has 0 atom stereocenters. The molecule has 0 bridgehead atoms. The standard InChI is InChI=1S/C42H32Cl2N4O2/c1-25-37(33-7-3-5-9-35(33)47-39(25)29-15-19-31(43)20-16-29)41(49)45-23-27-11-13-28(14-12-27)24-46-42(50)38-26(2)40(30-17-21-32(44)22-18-30)48-36-10-6-4-8-34(36)38/h3-22H,23-24H2,1-2H3,(H,45,49)(H,46,50). The fraction of sp³-hybridized carbons (Fsp3) is 0.0952. The average molecular weight is 696 g/mol. The number of hydrogen-bond acceptors (Lipinski definition) is 4. The highest BCUT2D eigenvalue weighted by Gasteiger charge is 2.20.